The van der Waals surface area contributed by atoms with Gasteiger partial charge >= 0.3 is 0 Å². The van der Waals surface area contributed by atoms with Crippen LogP contribution in [0.2, 0.25) is 0 Å². The van der Waals surface area contributed by atoms with Crippen LogP contribution in [0.25, 0.3) is 0 Å². The SMILES string of the molecule is CC1(C)c2cc(CBr)sc2C(C)(C)N1[OH2+]. The summed E-state index contributed by atoms with van der Waals surface area (Å²) < 4.78 is 0. The largest absolute Gasteiger partial charge is 0.337 e. The van der Waals surface area contributed by atoms with Crippen molar-refractivity contribution < 1.29 is 5.21 Å². The number of thiophene rings is 1. The molecule has 1 aliphatic heterocycles. The molecule has 0 radical (unpaired) electrons. The molecule has 0 unspecified atom stereocenters. The van der Waals surface area contributed by atoms with Crippen LogP contribution in [0.3, 0.4) is 0 Å². The monoisotopic (exact) mass is 290 g/mol. The number of nitrogens with zero attached hydrogens (tertiary/aromatic N) is 1. The molecule has 0 spiro atoms. The number of halogens is 1. The predicted molar refractivity (Wildman–Crippen MR) is 68.5 cm³/mol. The Bertz CT molecular complexity index is 364. The van der Waals surface area contributed by atoms with Crippen molar-refractivity contribution in [3.8, 4) is 0 Å². The number of hydrogen-bond donors (Lipinski definition) is 0. The first kappa shape index (κ1) is 11.6. The summed E-state index contributed by atoms with van der Waals surface area (Å²) in [5, 5.41) is 10.8. The molecule has 0 amide bonds. The van der Waals surface area contributed by atoms with Crippen molar-refractivity contribution in [2.24, 2.45) is 0 Å². The van der Waals surface area contributed by atoms with Gasteiger partial charge in [-0.05, 0) is 39.3 Å². The molecule has 84 valence electrons. The second-order valence-corrected chi connectivity index (χ2v) is 6.74. The third kappa shape index (κ3) is 1.42. The van der Waals surface area contributed by atoms with Gasteiger partial charge < -0.3 is 5.21 Å². The molecule has 0 saturated heterocycles. The van der Waals surface area contributed by atoms with E-state index >= 15 is 0 Å². The van der Waals surface area contributed by atoms with Gasteiger partial charge in [-0.2, -0.15) is 0 Å². The fourth-order valence-corrected chi connectivity index (χ4v) is 4.10. The highest BCUT2D eigenvalue weighted by Gasteiger charge is 2.53. The van der Waals surface area contributed by atoms with Gasteiger partial charge in [-0.3, -0.25) is 0 Å². The van der Waals surface area contributed by atoms with Crippen LogP contribution in [0.15, 0.2) is 6.07 Å². The lowest BCUT2D eigenvalue weighted by Gasteiger charge is -2.30. The highest BCUT2D eigenvalue weighted by Crippen LogP contribution is 2.51. The minimum atomic E-state index is -0.171. The summed E-state index contributed by atoms with van der Waals surface area (Å²) in [6.45, 7) is 8.50. The summed E-state index contributed by atoms with van der Waals surface area (Å²) in [5.74, 6) is 0. The molecule has 0 atom stereocenters. The molecule has 0 bridgehead atoms. The average Bonchev–Trinajstić information content (AvgIpc) is 2.64. The molecule has 4 heteroatoms. The highest BCUT2D eigenvalue weighted by molar-refractivity contribution is 9.08. The number of hydrogen-bond acceptors (Lipinski definition) is 2. The standard InChI is InChI=1S/C11H16BrNOS/c1-10(2)8-5-7(6-12)15-9(8)11(3,4)13(10)14/h5,14H,6H2,1-4H3/p+1. The molecule has 15 heavy (non-hydrogen) atoms. The summed E-state index contributed by atoms with van der Waals surface area (Å²) >= 11 is 5.32. The zero-order valence-electron chi connectivity index (χ0n) is 9.52. The van der Waals surface area contributed by atoms with E-state index in [1.165, 1.54) is 15.3 Å². The molecule has 1 aliphatic rings. The molecule has 0 aromatic carbocycles. The smallest absolute Gasteiger partial charge is 0.118 e. The summed E-state index contributed by atoms with van der Waals surface area (Å²) in [7, 11) is 0. The topological polar surface area (TPSA) is 26.1 Å². The first-order chi connectivity index (χ1) is 6.81. The maximum atomic E-state index is 8.20. The minimum absolute atomic E-state index is 0.163. The van der Waals surface area contributed by atoms with Crippen LogP contribution in [0.4, 0.5) is 0 Å². The molecule has 2 heterocycles. The Hall–Kier alpha value is 0.1000. The summed E-state index contributed by atoms with van der Waals surface area (Å²) in [4.78, 5) is 2.70. The molecule has 2 rings (SSSR count). The summed E-state index contributed by atoms with van der Waals surface area (Å²) in [6.07, 6.45) is 0. The molecular weight excluding hydrogens is 274 g/mol. The fraction of sp³-hybridized carbons (Fsp3) is 0.636. The number of fused-ring (bicyclic) bond motifs is 1. The van der Waals surface area contributed by atoms with Crippen LogP contribution in [0.5, 0.6) is 0 Å². The molecule has 0 aliphatic carbocycles. The van der Waals surface area contributed by atoms with Crippen molar-refractivity contribution in [1.82, 2.24) is 5.06 Å². The number of rotatable bonds is 1. The number of hydroxylamine groups is 2. The second kappa shape index (κ2) is 3.29. The van der Waals surface area contributed by atoms with E-state index in [1.807, 2.05) is 11.3 Å². The van der Waals surface area contributed by atoms with Crippen LogP contribution in [-0.4, -0.2) is 10.3 Å². The van der Waals surface area contributed by atoms with Crippen LogP contribution in [0.1, 0.15) is 43.0 Å². The normalized spacial score (nSPS) is 23.1. The van der Waals surface area contributed by atoms with Gasteiger partial charge in [0.05, 0.1) is 0 Å². The predicted octanol–water partition coefficient (Wildman–Crippen LogP) is 3.07. The Kier molecular flexibility index (Phi) is 2.54. The van der Waals surface area contributed by atoms with Crippen molar-refractivity contribution in [2.75, 3.05) is 0 Å². The van der Waals surface area contributed by atoms with Crippen molar-refractivity contribution >= 4 is 27.3 Å². The van der Waals surface area contributed by atoms with Crippen LogP contribution in [-0.2, 0) is 16.4 Å². The third-order valence-corrected chi connectivity index (χ3v) is 5.67. The first-order valence-electron chi connectivity index (χ1n) is 5.03. The van der Waals surface area contributed by atoms with Crippen molar-refractivity contribution in [1.29, 1.82) is 0 Å². The quantitative estimate of drug-likeness (QED) is 0.577. The zero-order chi connectivity index (χ0) is 11.4. The van der Waals surface area contributed by atoms with Gasteiger partial charge in [0.25, 0.3) is 0 Å². The first-order valence-corrected chi connectivity index (χ1v) is 6.97. The Balaban J connectivity index is 2.61. The Labute approximate surface area is 103 Å². The van der Waals surface area contributed by atoms with E-state index in [2.05, 4.69) is 49.7 Å². The Morgan fingerprint density at radius 1 is 1.33 bits per heavy atom. The van der Waals surface area contributed by atoms with Gasteiger partial charge in [-0.1, -0.05) is 21.0 Å². The Morgan fingerprint density at radius 3 is 2.40 bits per heavy atom. The van der Waals surface area contributed by atoms with Gasteiger partial charge in [-0.15, -0.1) is 11.3 Å². The molecule has 2 N–H and O–H groups in total. The average molecular weight is 291 g/mol. The van der Waals surface area contributed by atoms with E-state index in [4.69, 9.17) is 5.21 Å². The number of alkyl halides is 1. The van der Waals surface area contributed by atoms with E-state index in [1.54, 1.807) is 5.06 Å². The van der Waals surface area contributed by atoms with Gasteiger partial charge in [0, 0.05) is 15.1 Å². The molecular formula is C11H17BrNOS+. The van der Waals surface area contributed by atoms with E-state index < -0.39 is 0 Å². The van der Waals surface area contributed by atoms with Crippen LogP contribution < -0.4 is 0 Å². The molecule has 2 nitrogen and oxygen atoms in total. The van der Waals surface area contributed by atoms with Crippen molar-refractivity contribution in [2.45, 2.75) is 44.1 Å². The lowest BCUT2D eigenvalue weighted by atomic mass is 9.98. The van der Waals surface area contributed by atoms with Gasteiger partial charge in [0.1, 0.15) is 11.1 Å². The lowest BCUT2D eigenvalue weighted by Crippen LogP contribution is -2.42. The van der Waals surface area contributed by atoms with Crippen LogP contribution >= 0.6 is 27.3 Å². The van der Waals surface area contributed by atoms with Gasteiger partial charge in [0.2, 0.25) is 0 Å². The van der Waals surface area contributed by atoms with E-state index in [0.29, 0.717) is 0 Å². The maximum Gasteiger partial charge on any atom is 0.118 e. The molecule has 1 aromatic rings. The van der Waals surface area contributed by atoms with Crippen LogP contribution in [0, 0.1) is 0 Å². The van der Waals surface area contributed by atoms with Crippen molar-refractivity contribution in [3.63, 3.8) is 0 Å². The fourth-order valence-electron chi connectivity index (χ4n) is 2.34. The van der Waals surface area contributed by atoms with Gasteiger partial charge in [-0.25, -0.2) is 0 Å². The zero-order valence-corrected chi connectivity index (χ0v) is 11.9. The highest BCUT2D eigenvalue weighted by atomic mass is 79.9. The molecule has 0 saturated carbocycles. The van der Waals surface area contributed by atoms with E-state index in [9.17, 15) is 0 Å². The second-order valence-electron chi connectivity index (χ2n) is 5.04. The minimum Gasteiger partial charge on any atom is -0.337 e. The lowest BCUT2D eigenvalue weighted by molar-refractivity contribution is -0.215. The third-order valence-electron chi connectivity index (χ3n) is 3.25. The Morgan fingerprint density at radius 2 is 1.93 bits per heavy atom. The van der Waals surface area contributed by atoms with E-state index in [0.717, 1.165) is 5.33 Å². The molecule has 0 fully saturated rings. The molecule has 1 aromatic heterocycles. The van der Waals surface area contributed by atoms with Gasteiger partial charge in [0.15, 0.2) is 0 Å². The van der Waals surface area contributed by atoms with E-state index in [-0.39, 0.29) is 11.1 Å². The maximum absolute atomic E-state index is 8.20. The van der Waals surface area contributed by atoms with Crippen molar-refractivity contribution in [3.05, 3.63) is 21.4 Å². The summed E-state index contributed by atoms with van der Waals surface area (Å²) in [5.41, 5.74) is 0.988. The summed E-state index contributed by atoms with van der Waals surface area (Å²) in [6, 6.07) is 2.24.